The van der Waals surface area contributed by atoms with Crippen molar-refractivity contribution < 1.29 is 5.48 Å². The molecule has 0 heteroatoms. The molecule has 0 nitrogen and oxygen atoms in total. The van der Waals surface area contributed by atoms with Crippen molar-refractivity contribution in [3.05, 3.63) is 70.8 Å². The van der Waals surface area contributed by atoms with Gasteiger partial charge < -0.3 is 0 Å². The molecule has 0 radical (unpaired) electrons. The SMILES string of the molecule is [2H]C([2H])(c1ccc(C(C)(C)C)cc1)C([2H])([2H])c1ccc(C(C)(C)C)cc1. The Kier molecular flexibility index (Phi) is 3.41. The molecule has 2 rings (SSSR count). The largest absolute Gasteiger partial charge is 0.0587 e. The van der Waals surface area contributed by atoms with Crippen LogP contribution in [0.3, 0.4) is 0 Å². The van der Waals surface area contributed by atoms with Gasteiger partial charge in [-0.15, -0.1) is 0 Å². The summed E-state index contributed by atoms with van der Waals surface area (Å²) in [7, 11) is 0. The maximum absolute atomic E-state index is 8.50. The highest BCUT2D eigenvalue weighted by Crippen LogP contribution is 2.24. The summed E-state index contributed by atoms with van der Waals surface area (Å²) in [6.45, 7) is 12.6. The summed E-state index contributed by atoms with van der Waals surface area (Å²) in [5.41, 5.74) is 2.88. The minimum absolute atomic E-state index is 0.0208. The van der Waals surface area contributed by atoms with E-state index in [1.807, 2.05) is 24.3 Å². The fourth-order valence-electron chi connectivity index (χ4n) is 2.25. The summed E-state index contributed by atoms with van der Waals surface area (Å²) in [5.74, 6) is 0. The lowest BCUT2D eigenvalue weighted by Gasteiger charge is -2.19. The number of rotatable bonds is 3. The van der Waals surface area contributed by atoms with Gasteiger partial charge in [-0.25, -0.2) is 0 Å². The zero-order valence-corrected chi connectivity index (χ0v) is 14.6. The van der Waals surface area contributed by atoms with E-state index in [4.69, 9.17) is 5.48 Å². The molecule has 0 aromatic heterocycles. The molecule has 22 heavy (non-hydrogen) atoms. The van der Waals surface area contributed by atoms with Gasteiger partial charge in [0.2, 0.25) is 0 Å². The van der Waals surface area contributed by atoms with Crippen LogP contribution in [0.1, 0.15) is 69.3 Å². The van der Waals surface area contributed by atoms with Gasteiger partial charge >= 0.3 is 0 Å². The van der Waals surface area contributed by atoms with E-state index in [1.54, 1.807) is 24.3 Å². The minimum Gasteiger partial charge on any atom is -0.0587 e. The molecule has 0 N–H and O–H groups in total. The van der Waals surface area contributed by atoms with Gasteiger partial charge in [0.25, 0.3) is 0 Å². The smallest absolute Gasteiger partial charge is 0.0319 e. The van der Waals surface area contributed by atoms with Crippen molar-refractivity contribution in [2.45, 2.75) is 65.1 Å². The van der Waals surface area contributed by atoms with Crippen LogP contribution in [0.15, 0.2) is 48.5 Å². The van der Waals surface area contributed by atoms with E-state index in [1.165, 1.54) is 0 Å². The first kappa shape index (κ1) is 11.9. The molecule has 0 amide bonds. The first-order valence-electron chi connectivity index (χ1n) is 9.89. The highest BCUT2D eigenvalue weighted by Gasteiger charge is 2.13. The van der Waals surface area contributed by atoms with Crippen LogP contribution in [0.2, 0.25) is 0 Å². The lowest BCUT2D eigenvalue weighted by molar-refractivity contribution is 0.589. The van der Waals surface area contributed by atoms with Gasteiger partial charge in [-0.05, 0) is 45.8 Å². The topological polar surface area (TPSA) is 0 Å². The van der Waals surface area contributed by atoms with Crippen LogP contribution in [-0.4, -0.2) is 0 Å². The van der Waals surface area contributed by atoms with Gasteiger partial charge in [-0.3, -0.25) is 0 Å². The van der Waals surface area contributed by atoms with E-state index in [9.17, 15) is 0 Å². The van der Waals surface area contributed by atoms with E-state index in [0.717, 1.165) is 11.1 Å². The molecule has 0 unspecified atom stereocenters. The molecule has 0 heterocycles. The van der Waals surface area contributed by atoms with Crippen molar-refractivity contribution in [3.63, 3.8) is 0 Å². The fourth-order valence-corrected chi connectivity index (χ4v) is 2.25. The summed E-state index contributed by atoms with van der Waals surface area (Å²) in [6, 6.07) is 14.4. The molecule has 0 saturated carbocycles. The molecular weight excluding hydrogens is 264 g/mol. The number of hydrogen-bond acceptors (Lipinski definition) is 0. The summed E-state index contributed by atoms with van der Waals surface area (Å²) in [5, 5.41) is 0. The molecule has 0 bridgehead atoms. The second-order valence-corrected chi connectivity index (χ2v) is 7.90. The van der Waals surface area contributed by atoms with Gasteiger partial charge in [0.1, 0.15) is 0 Å². The van der Waals surface area contributed by atoms with Crippen molar-refractivity contribution in [2.24, 2.45) is 0 Å². The third-order valence-electron chi connectivity index (χ3n) is 3.85. The Hall–Kier alpha value is -1.56. The molecule has 0 aliphatic rings. The molecule has 118 valence electrons. The van der Waals surface area contributed by atoms with Crippen molar-refractivity contribution in [3.8, 4) is 0 Å². The van der Waals surface area contributed by atoms with Crippen LogP contribution in [-0.2, 0) is 23.6 Å². The standard InChI is InChI=1S/C22H30/c1-21(2,3)19-13-9-17(10-14-19)7-8-18-11-15-20(16-12-18)22(4,5)6/h9-16H,7-8H2,1-6H3/i7D2,8D2. The molecule has 0 aliphatic heterocycles. The molecular formula is C22H30. The normalized spacial score (nSPS) is 16.5. The Balaban J connectivity index is 2.40. The van der Waals surface area contributed by atoms with Crippen molar-refractivity contribution >= 4 is 0 Å². The summed E-state index contributed by atoms with van der Waals surface area (Å²) >= 11 is 0. The Labute approximate surface area is 142 Å². The molecule has 2 aromatic rings. The average Bonchev–Trinajstić information content (AvgIpc) is 2.53. The molecule has 0 aliphatic carbocycles. The fraction of sp³-hybridized carbons (Fsp3) is 0.455. The quantitative estimate of drug-likeness (QED) is 0.645. The Morgan fingerprint density at radius 2 is 0.864 bits per heavy atom. The third-order valence-corrected chi connectivity index (χ3v) is 3.85. The predicted molar refractivity (Wildman–Crippen MR) is 97.7 cm³/mol. The first-order valence-corrected chi connectivity index (χ1v) is 7.89. The minimum atomic E-state index is -2.13. The Morgan fingerprint density at radius 3 is 1.09 bits per heavy atom. The third kappa shape index (κ3) is 4.47. The van der Waals surface area contributed by atoms with Crippen LogP contribution in [0, 0.1) is 0 Å². The van der Waals surface area contributed by atoms with Crippen LogP contribution in [0.4, 0.5) is 0 Å². The molecule has 0 saturated heterocycles. The average molecular weight is 299 g/mol. The van der Waals surface area contributed by atoms with Gasteiger partial charge in [-0.2, -0.15) is 0 Å². The van der Waals surface area contributed by atoms with Crippen molar-refractivity contribution in [1.29, 1.82) is 0 Å². The van der Waals surface area contributed by atoms with E-state index in [0.29, 0.717) is 11.1 Å². The van der Waals surface area contributed by atoms with Crippen molar-refractivity contribution in [2.75, 3.05) is 0 Å². The molecule has 2 aromatic carbocycles. The van der Waals surface area contributed by atoms with Gasteiger partial charge in [-0.1, -0.05) is 90.1 Å². The number of hydrogen-bond donors (Lipinski definition) is 0. The van der Waals surface area contributed by atoms with E-state index in [2.05, 4.69) is 41.5 Å². The second-order valence-electron chi connectivity index (χ2n) is 7.90. The highest BCUT2D eigenvalue weighted by atomic mass is 14.2. The Bertz CT molecular complexity index is 675. The van der Waals surface area contributed by atoms with Crippen LogP contribution in [0.25, 0.3) is 0 Å². The maximum atomic E-state index is 8.50. The van der Waals surface area contributed by atoms with Gasteiger partial charge in [0.05, 0.1) is 0 Å². The monoisotopic (exact) mass is 298 g/mol. The maximum Gasteiger partial charge on any atom is 0.0319 e. The van der Waals surface area contributed by atoms with Gasteiger partial charge in [0, 0.05) is 5.48 Å². The van der Waals surface area contributed by atoms with E-state index < -0.39 is 12.7 Å². The molecule has 0 fully saturated rings. The molecule has 0 spiro atoms. The predicted octanol–water partition coefficient (Wildman–Crippen LogP) is 6.07. The number of aryl methyl sites for hydroxylation is 2. The lowest BCUT2D eigenvalue weighted by Crippen LogP contribution is -2.11. The zero-order valence-electron chi connectivity index (χ0n) is 18.6. The summed E-state index contributed by atoms with van der Waals surface area (Å²) in [4.78, 5) is 0. The molecule has 0 atom stereocenters. The zero-order chi connectivity index (χ0) is 20.0. The van der Waals surface area contributed by atoms with Crippen LogP contribution in [0.5, 0.6) is 0 Å². The first-order chi connectivity index (χ1) is 11.7. The summed E-state index contributed by atoms with van der Waals surface area (Å²) < 4.78 is 34.0. The van der Waals surface area contributed by atoms with E-state index in [-0.39, 0.29) is 10.8 Å². The lowest BCUT2D eigenvalue weighted by atomic mass is 9.86. The highest BCUT2D eigenvalue weighted by molar-refractivity contribution is 5.30. The second kappa shape index (κ2) is 6.28. The summed E-state index contributed by atoms with van der Waals surface area (Å²) in [6.07, 6.45) is -4.26. The Morgan fingerprint density at radius 1 is 0.591 bits per heavy atom. The van der Waals surface area contributed by atoms with Gasteiger partial charge in [0.15, 0.2) is 0 Å². The number of benzene rings is 2. The van der Waals surface area contributed by atoms with Crippen molar-refractivity contribution in [1.82, 2.24) is 0 Å². The van der Waals surface area contributed by atoms with Crippen LogP contribution >= 0.6 is 0 Å². The van der Waals surface area contributed by atoms with Crippen LogP contribution < -0.4 is 0 Å². The van der Waals surface area contributed by atoms with E-state index >= 15 is 0 Å².